The summed E-state index contributed by atoms with van der Waals surface area (Å²) in [7, 11) is 2.57. The second kappa shape index (κ2) is 20.4. The lowest BCUT2D eigenvalue weighted by molar-refractivity contribution is -0.154. The van der Waals surface area contributed by atoms with Gasteiger partial charge in [-0.2, -0.15) is 0 Å². The van der Waals surface area contributed by atoms with Gasteiger partial charge in [0.25, 0.3) is 0 Å². The molecule has 14 heteroatoms. The van der Waals surface area contributed by atoms with Gasteiger partial charge in [-0.25, -0.2) is 19.2 Å². The van der Waals surface area contributed by atoms with Crippen LogP contribution in [0, 0.1) is 0 Å². The molecule has 0 rings (SSSR count). The van der Waals surface area contributed by atoms with Crippen molar-refractivity contribution in [1.82, 2.24) is 16.0 Å². The lowest BCUT2D eigenvalue weighted by atomic mass is 9.95. The minimum absolute atomic E-state index is 0.0981. The Labute approximate surface area is 288 Å². The van der Waals surface area contributed by atoms with Crippen LogP contribution in [0.3, 0.4) is 0 Å². The van der Waals surface area contributed by atoms with Gasteiger partial charge in [0.1, 0.15) is 28.9 Å². The number of nitrogens with one attached hydrogen (secondary N) is 3. The van der Waals surface area contributed by atoms with E-state index >= 15 is 0 Å². The summed E-state index contributed by atoms with van der Waals surface area (Å²) in [5, 5.41) is 8.26. The van der Waals surface area contributed by atoms with Crippen LogP contribution in [0.4, 0.5) is 9.59 Å². The van der Waals surface area contributed by atoms with Gasteiger partial charge in [0.05, 0.1) is 20.8 Å². The Morgan fingerprint density at radius 1 is 0.583 bits per heavy atom. The average molecular weight is 691 g/mol. The minimum atomic E-state index is -0.790. The molecule has 0 aromatic heterocycles. The monoisotopic (exact) mass is 690 g/mol. The smallest absolute Gasteiger partial charge is 0.408 e. The highest BCUT2D eigenvalue weighted by Gasteiger charge is 2.28. The predicted octanol–water partition coefficient (Wildman–Crippen LogP) is 4.89. The number of alkyl carbamates (subject to hydrolysis) is 2. The van der Waals surface area contributed by atoms with E-state index in [0.717, 1.165) is 6.42 Å². The molecule has 0 aliphatic heterocycles. The second-order valence-electron chi connectivity index (χ2n) is 16.0. The van der Waals surface area contributed by atoms with Crippen LogP contribution in [0.25, 0.3) is 0 Å². The Bertz CT molecular complexity index is 1020. The van der Waals surface area contributed by atoms with Crippen LogP contribution in [0.5, 0.6) is 0 Å². The number of hydrogen-bond acceptors (Lipinski definition) is 12. The normalized spacial score (nSPS) is 13.5. The Kier molecular flexibility index (Phi) is 20.0. The first-order valence-corrected chi connectivity index (χ1v) is 16.4. The number of nitrogens with two attached hydrogens (primary N) is 1. The van der Waals surface area contributed by atoms with E-state index in [1.165, 1.54) is 14.2 Å². The molecule has 0 heterocycles. The lowest BCUT2D eigenvalue weighted by Gasteiger charge is -2.28. The second-order valence-corrected chi connectivity index (χ2v) is 16.0. The molecule has 0 aliphatic rings. The molecule has 0 bridgehead atoms. The summed E-state index contributed by atoms with van der Waals surface area (Å²) < 4.78 is 25.1. The highest BCUT2D eigenvalue weighted by atomic mass is 16.6. The Balaban J connectivity index is 0. The summed E-state index contributed by atoms with van der Waals surface area (Å²) in [6, 6.07) is -1.50. The first kappa shape index (κ1) is 47.0. The fraction of sp³-hybridized carbons (Fsp3) is 0.853. The van der Waals surface area contributed by atoms with Gasteiger partial charge in [0.15, 0.2) is 0 Å². The zero-order valence-electron chi connectivity index (χ0n) is 32.3. The van der Waals surface area contributed by atoms with E-state index in [9.17, 15) is 24.0 Å². The predicted molar refractivity (Wildman–Crippen MR) is 184 cm³/mol. The van der Waals surface area contributed by atoms with Crippen molar-refractivity contribution >= 4 is 30.1 Å². The van der Waals surface area contributed by atoms with Gasteiger partial charge in [-0.15, -0.1) is 0 Å². The molecule has 282 valence electrons. The minimum Gasteiger partial charge on any atom is -0.467 e. The summed E-state index contributed by atoms with van der Waals surface area (Å²) in [6.07, 6.45) is 2.33. The molecule has 0 aromatic carbocycles. The highest BCUT2D eigenvalue weighted by molar-refractivity contribution is 5.82. The van der Waals surface area contributed by atoms with Gasteiger partial charge in [-0.1, -0.05) is 0 Å². The van der Waals surface area contributed by atoms with Crippen molar-refractivity contribution in [2.45, 2.75) is 168 Å². The van der Waals surface area contributed by atoms with Crippen molar-refractivity contribution < 1.29 is 47.7 Å². The molecule has 0 saturated carbocycles. The van der Waals surface area contributed by atoms with Crippen LogP contribution in [0.15, 0.2) is 0 Å². The Morgan fingerprint density at radius 3 is 1.25 bits per heavy atom. The van der Waals surface area contributed by atoms with Crippen molar-refractivity contribution in [3.05, 3.63) is 0 Å². The Morgan fingerprint density at radius 2 is 0.938 bits per heavy atom. The third-order valence-corrected chi connectivity index (χ3v) is 6.09. The number of carbonyl (C=O) groups excluding carboxylic acids is 5. The molecule has 0 fully saturated rings. The van der Waals surface area contributed by atoms with E-state index in [1.807, 2.05) is 48.5 Å². The summed E-state index contributed by atoms with van der Waals surface area (Å²) in [6.45, 7) is 23.9. The van der Waals surface area contributed by atoms with Crippen molar-refractivity contribution in [3.8, 4) is 0 Å². The van der Waals surface area contributed by atoms with Crippen LogP contribution in [0.1, 0.15) is 129 Å². The fourth-order valence-corrected chi connectivity index (χ4v) is 3.97. The molecule has 48 heavy (non-hydrogen) atoms. The average Bonchev–Trinajstić information content (AvgIpc) is 2.86. The quantitative estimate of drug-likeness (QED) is 0.134. The van der Waals surface area contributed by atoms with Crippen molar-refractivity contribution in [2.24, 2.45) is 5.73 Å². The van der Waals surface area contributed by atoms with Gasteiger partial charge < -0.3 is 45.4 Å². The summed E-state index contributed by atoms with van der Waals surface area (Å²) in [5.74, 6) is -1.32. The first-order chi connectivity index (χ1) is 21.5. The van der Waals surface area contributed by atoms with E-state index < -0.39 is 53.0 Å². The van der Waals surface area contributed by atoms with E-state index in [0.29, 0.717) is 32.1 Å². The molecule has 2 amide bonds. The first-order valence-electron chi connectivity index (χ1n) is 16.4. The standard InChI is InChI=1S/C20H38N2O6.C14H28N2O4/c1-18(2,3)27-15(23)13-21-20(7,8)12-10-11-14(16(24)26-9)22-17(25)28-19(4,5)6;1-13(2,3)20-12(18)16-10(11(17)19-6)8-7-9-14(4,5)15/h14,21H,10-13H2,1-9H3,(H,22,25);10H,7-9,15H2,1-6H3,(H,16,18)/t14-;10-/m00/s1. The van der Waals surface area contributed by atoms with Crippen molar-refractivity contribution in [3.63, 3.8) is 0 Å². The van der Waals surface area contributed by atoms with Crippen LogP contribution in [0.2, 0.25) is 0 Å². The molecule has 0 aromatic rings. The number of amides is 2. The number of rotatable bonds is 15. The number of esters is 3. The molecule has 0 radical (unpaired) electrons. The van der Waals surface area contributed by atoms with Crippen LogP contribution in [-0.4, -0.2) is 90.8 Å². The SMILES string of the molecule is COC(=O)[C@H](CCCC(C)(C)N)NC(=O)OC(C)(C)C.COC(=O)[C@H](CCCC(C)(C)NCC(=O)OC(C)(C)C)NC(=O)OC(C)(C)C. The fourth-order valence-electron chi connectivity index (χ4n) is 3.97. The molecule has 0 saturated heterocycles. The number of methoxy groups -OCH3 is 2. The molecule has 5 N–H and O–H groups in total. The molecule has 14 nitrogen and oxygen atoms in total. The molecule has 0 spiro atoms. The zero-order valence-corrected chi connectivity index (χ0v) is 32.3. The third-order valence-electron chi connectivity index (χ3n) is 6.09. The maximum absolute atomic E-state index is 11.9. The summed E-state index contributed by atoms with van der Waals surface area (Å²) in [5.41, 5.74) is 3.46. The molecular formula is C34H66N4O10. The van der Waals surface area contributed by atoms with Gasteiger partial charge in [0, 0.05) is 11.1 Å². The maximum atomic E-state index is 11.9. The number of hydrogen-bond donors (Lipinski definition) is 4. The van der Waals surface area contributed by atoms with Crippen LogP contribution in [-0.2, 0) is 38.1 Å². The maximum Gasteiger partial charge on any atom is 0.408 e. The third kappa shape index (κ3) is 27.9. The van der Waals surface area contributed by atoms with Gasteiger partial charge >= 0.3 is 30.1 Å². The summed E-state index contributed by atoms with van der Waals surface area (Å²) >= 11 is 0. The highest BCUT2D eigenvalue weighted by Crippen LogP contribution is 2.16. The van der Waals surface area contributed by atoms with Crippen LogP contribution >= 0.6 is 0 Å². The van der Waals surface area contributed by atoms with Gasteiger partial charge in [-0.3, -0.25) is 4.79 Å². The van der Waals surface area contributed by atoms with E-state index in [1.54, 1.807) is 41.5 Å². The van der Waals surface area contributed by atoms with E-state index in [2.05, 4.69) is 20.7 Å². The molecular weight excluding hydrogens is 624 g/mol. The van der Waals surface area contributed by atoms with Crippen molar-refractivity contribution in [1.29, 1.82) is 0 Å². The molecule has 0 unspecified atom stereocenters. The number of carbonyl (C=O) groups is 5. The van der Waals surface area contributed by atoms with Gasteiger partial charge in [0.2, 0.25) is 0 Å². The van der Waals surface area contributed by atoms with E-state index in [-0.39, 0.29) is 23.6 Å². The van der Waals surface area contributed by atoms with Crippen molar-refractivity contribution in [2.75, 3.05) is 20.8 Å². The molecule has 2 atom stereocenters. The molecule has 0 aliphatic carbocycles. The van der Waals surface area contributed by atoms with E-state index in [4.69, 9.17) is 24.7 Å². The number of ether oxygens (including phenoxy) is 5. The van der Waals surface area contributed by atoms with Gasteiger partial charge in [-0.05, 0) is 129 Å². The topological polar surface area (TPSA) is 194 Å². The lowest BCUT2D eigenvalue weighted by Crippen LogP contribution is -2.45. The zero-order chi connectivity index (χ0) is 38.1. The van der Waals surface area contributed by atoms with Crippen LogP contribution < -0.4 is 21.7 Å². The Hall–Kier alpha value is -3.13. The largest absolute Gasteiger partial charge is 0.467 e. The summed E-state index contributed by atoms with van der Waals surface area (Å²) in [4.78, 5) is 59.1.